The van der Waals surface area contributed by atoms with E-state index in [1.807, 2.05) is 38.1 Å². The monoisotopic (exact) mass is 431 g/mol. The van der Waals surface area contributed by atoms with E-state index in [0.717, 1.165) is 15.6 Å². The summed E-state index contributed by atoms with van der Waals surface area (Å²) in [6.07, 6.45) is 0. The van der Waals surface area contributed by atoms with Gasteiger partial charge in [0.25, 0.3) is 5.91 Å². The Kier molecular flexibility index (Phi) is 7.12. The molecular weight excluding hydrogens is 410 g/mol. The van der Waals surface area contributed by atoms with Crippen molar-refractivity contribution in [1.82, 2.24) is 10.2 Å². The molecule has 27 heavy (non-hydrogen) atoms. The molecule has 2 N–H and O–H groups in total. The number of halogens is 1. The second-order valence-electron chi connectivity index (χ2n) is 6.25. The molecule has 0 saturated heterocycles. The van der Waals surface area contributed by atoms with E-state index in [1.165, 1.54) is 11.9 Å². The zero-order chi connectivity index (χ0) is 20.0. The molecule has 2 aromatic rings. The number of aryl methyl sites for hydroxylation is 2. The molecule has 0 unspecified atom stereocenters. The van der Waals surface area contributed by atoms with Gasteiger partial charge in [-0.05, 0) is 49.2 Å². The maximum atomic E-state index is 12.2. The van der Waals surface area contributed by atoms with E-state index in [4.69, 9.17) is 0 Å². The number of nitrogens with zero attached hydrogens (tertiary/aromatic N) is 1. The van der Waals surface area contributed by atoms with Crippen LogP contribution in [0.15, 0.2) is 46.9 Å². The van der Waals surface area contributed by atoms with Crippen LogP contribution in [0.25, 0.3) is 0 Å². The minimum Gasteiger partial charge on any atom is -0.343 e. The zero-order valence-electron chi connectivity index (χ0n) is 15.5. The first-order valence-electron chi connectivity index (χ1n) is 8.41. The van der Waals surface area contributed by atoms with Gasteiger partial charge < -0.3 is 15.5 Å². The number of nitrogens with one attached hydrogen (secondary N) is 2. The Hall–Kier alpha value is -2.67. The van der Waals surface area contributed by atoms with Crippen molar-refractivity contribution in [2.75, 3.05) is 25.5 Å². The van der Waals surface area contributed by atoms with Crippen LogP contribution in [-0.2, 0) is 9.59 Å². The van der Waals surface area contributed by atoms with Crippen molar-refractivity contribution in [3.05, 3.63) is 63.6 Å². The summed E-state index contributed by atoms with van der Waals surface area (Å²) in [6, 6.07) is 12.7. The third kappa shape index (κ3) is 5.92. The highest BCUT2D eigenvalue weighted by Crippen LogP contribution is 2.19. The zero-order valence-corrected chi connectivity index (χ0v) is 17.1. The van der Waals surface area contributed by atoms with Crippen molar-refractivity contribution in [3.8, 4) is 0 Å². The highest BCUT2D eigenvalue weighted by atomic mass is 79.9. The van der Waals surface area contributed by atoms with E-state index >= 15 is 0 Å². The number of carbonyl (C=O) groups is 3. The number of carbonyl (C=O) groups excluding carboxylic acids is 3. The summed E-state index contributed by atoms with van der Waals surface area (Å²) in [7, 11) is 1.52. The fourth-order valence-corrected chi connectivity index (χ4v) is 2.95. The topological polar surface area (TPSA) is 78.5 Å². The standard InChI is InChI=1S/C20H22BrN3O3/c1-13-6-4-5-7-16(13)20(27)22-11-19(26)24(3)12-18(25)23-17-9-8-15(21)10-14(17)2/h4-10H,11-12H2,1-3H3,(H,22,27)(H,23,25). The van der Waals surface area contributed by atoms with Crippen LogP contribution in [0.4, 0.5) is 5.69 Å². The van der Waals surface area contributed by atoms with Crippen LogP contribution in [-0.4, -0.2) is 42.8 Å². The van der Waals surface area contributed by atoms with Crippen molar-refractivity contribution in [1.29, 1.82) is 0 Å². The summed E-state index contributed by atoms with van der Waals surface area (Å²) in [5.74, 6) is -0.967. The van der Waals surface area contributed by atoms with E-state index in [0.29, 0.717) is 11.3 Å². The molecule has 0 aromatic heterocycles. The first kappa shape index (κ1) is 20.6. The van der Waals surface area contributed by atoms with Gasteiger partial charge in [0.1, 0.15) is 0 Å². The van der Waals surface area contributed by atoms with Crippen molar-refractivity contribution < 1.29 is 14.4 Å². The fraction of sp³-hybridized carbons (Fsp3) is 0.250. The molecule has 7 heteroatoms. The van der Waals surface area contributed by atoms with Crippen LogP contribution >= 0.6 is 15.9 Å². The third-order valence-corrected chi connectivity index (χ3v) is 4.55. The molecule has 2 aromatic carbocycles. The average molecular weight is 432 g/mol. The molecule has 0 bridgehead atoms. The molecule has 0 aliphatic heterocycles. The van der Waals surface area contributed by atoms with Crippen LogP contribution in [0.5, 0.6) is 0 Å². The molecule has 0 heterocycles. The molecule has 0 radical (unpaired) electrons. The van der Waals surface area contributed by atoms with Gasteiger partial charge in [0.05, 0.1) is 13.1 Å². The molecule has 6 nitrogen and oxygen atoms in total. The van der Waals surface area contributed by atoms with E-state index < -0.39 is 0 Å². The molecule has 3 amide bonds. The first-order chi connectivity index (χ1) is 12.8. The van der Waals surface area contributed by atoms with Crippen molar-refractivity contribution in [3.63, 3.8) is 0 Å². The Morgan fingerprint density at radius 2 is 1.74 bits per heavy atom. The molecule has 0 atom stereocenters. The summed E-state index contributed by atoms with van der Waals surface area (Å²) in [6.45, 7) is 3.44. The molecule has 2 rings (SSSR count). The van der Waals surface area contributed by atoms with Gasteiger partial charge in [-0.15, -0.1) is 0 Å². The van der Waals surface area contributed by atoms with E-state index in [1.54, 1.807) is 18.2 Å². The SMILES string of the molecule is Cc1cc(Br)ccc1NC(=O)CN(C)C(=O)CNC(=O)c1ccccc1C. The molecular formula is C20H22BrN3O3. The van der Waals surface area contributed by atoms with Gasteiger partial charge in [-0.2, -0.15) is 0 Å². The van der Waals surface area contributed by atoms with Crippen LogP contribution in [0.3, 0.4) is 0 Å². The van der Waals surface area contributed by atoms with Gasteiger partial charge in [-0.25, -0.2) is 0 Å². The highest BCUT2D eigenvalue weighted by molar-refractivity contribution is 9.10. The largest absolute Gasteiger partial charge is 0.343 e. The normalized spacial score (nSPS) is 10.2. The molecule has 142 valence electrons. The Bertz CT molecular complexity index is 867. The van der Waals surface area contributed by atoms with Crippen LogP contribution in [0.2, 0.25) is 0 Å². The minimum atomic E-state index is -0.348. The van der Waals surface area contributed by atoms with Gasteiger partial charge in [0.2, 0.25) is 11.8 Å². The molecule has 0 saturated carbocycles. The van der Waals surface area contributed by atoms with Gasteiger partial charge in [-0.3, -0.25) is 14.4 Å². The van der Waals surface area contributed by atoms with E-state index in [-0.39, 0.29) is 30.8 Å². The summed E-state index contributed by atoms with van der Waals surface area (Å²) in [5.41, 5.74) is 2.96. The van der Waals surface area contributed by atoms with Crippen LogP contribution in [0, 0.1) is 13.8 Å². The quantitative estimate of drug-likeness (QED) is 0.737. The lowest BCUT2D eigenvalue weighted by atomic mass is 10.1. The summed E-state index contributed by atoms with van der Waals surface area (Å²) >= 11 is 3.37. The lowest BCUT2D eigenvalue weighted by Crippen LogP contribution is -2.41. The Morgan fingerprint density at radius 1 is 1.04 bits per heavy atom. The number of benzene rings is 2. The van der Waals surface area contributed by atoms with Crippen molar-refractivity contribution in [2.24, 2.45) is 0 Å². The van der Waals surface area contributed by atoms with E-state index in [9.17, 15) is 14.4 Å². The number of hydrogen-bond donors (Lipinski definition) is 2. The summed E-state index contributed by atoms with van der Waals surface area (Å²) in [5, 5.41) is 5.37. The maximum Gasteiger partial charge on any atom is 0.251 e. The molecule has 0 spiro atoms. The second-order valence-corrected chi connectivity index (χ2v) is 7.17. The summed E-state index contributed by atoms with van der Waals surface area (Å²) < 4.78 is 0.926. The molecule has 0 aliphatic rings. The Balaban J connectivity index is 1.85. The van der Waals surface area contributed by atoms with Gasteiger partial charge in [-0.1, -0.05) is 34.1 Å². The lowest BCUT2D eigenvalue weighted by molar-refractivity contribution is -0.132. The Labute approximate surface area is 167 Å². The first-order valence-corrected chi connectivity index (χ1v) is 9.21. The Morgan fingerprint density at radius 3 is 2.41 bits per heavy atom. The predicted molar refractivity (Wildman–Crippen MR) is 109 cm³/mol. The summed E-state index contributed by atoms with van der Waals surface area (Å²) in [4.78, 5) is 37.8. The van der Waals surface area contributed by atoms with Gasteiger partial charge in [0, 0.05) is 22.8 Å². The van der Waals surface area contributed by atoms with Gasteiger partial charge in [0.15, 0.2) is 0 Å². The fourth-order valence-electron chi connectivity index (χ4n) is 2.47. The maximum absolute atomic E-state index is 12.2. The smallest absolute Gasteiger partial charge is 0.251 e. The lowest BCUT2D eigenvalue weighted by Gasteiger charge is -2.18. The van der Waals surface area contributed by atoms with E-state index in [2.05, 4.69) is 26.6 Å². The average Bonchev–Trinajstić information content (AvgIpc) is 2.62. The minimum absolute atomic E-state index is 0.103. The number of anilines is 1. The molecule has 0 fully saturated rings. The number of amides is 3. The highest BCUT2D eigenvalue weighted by Gasteiger charge is 2.16. The number of likely N-dealkylation sites (N-methyl/N-ethyl adjacent to an activating group) is 1. The number of hydrogen-bond acceptors (Lipinski definition) is 3. The second kappa shape index (κ2) is 9.32. The van der Waals surface area contributed by atoms with Crippen LogP contribution in [0.1, 0.15) is 21.5 Å². The predicted octanol–water partition coefficient (Wildman–Crippen LogP) is 2.89. The molecule has 0 aliphatic carbocycles. The van der Waals surface area contributed by atoms with Crippen molar-refractivity contribution in [2.45, 2.75) is 13.8 Å². The van der Waals surface area contributed by atoms with Crippen LogP contribution < -0.4 is 10.6 Å². The third-order valence-electron chi connectivity index (χ3n) is 4.06. The number of rotatable bonds is 6. The van der Waals surface area contributed by atoms with Crippen molar-refractivity contribution >= 4 is 39.3 Å². The van der Waals surface area contributed by atoms with Gasteiger partial charge >= 0.3 is 0 Å².